The summed E-state index contributed by atoms with van der Waals surface area (Å²) in [6.07, 6.45) is 0. The van der Waals surface area contributed by atoms with Gasteiger partial charge >= 0.3 is 0 Å². The van der Waals surface area contributed by atoms with Crippen LogP contribution in [0.5, 0.6) is 23.3 Å². The average Bonchev–Trinajstić information content (AvgIpc) is 3.38. The summed E-state index contributed by atoms with van der Waals surface area (Å²) in [6.45, 7) is 0.368. The predicted molar refractivity (Wildman–Crippen MR) is 147 cm³/mol. The van der Waals surface area contributed by atoms with Crippen molar-refractivity contribution in [3.8, 4) is 34.6 Å². The number of nitrogens with one attached hydrogen (secondary N) is 2. The Bertz CT molecular complexity index is 1420. The summed E-state index contributed by atoms with van der Waals surface area (Å²) in [5, 5.41) is 7.08. The van der Waals surface area contributed by atoms with E-state index in [1.807, 2.05) is 97.1 Å². The number of hydrogen-bond acceptors (Lipinski definition) is 6. The normalized spacial score (nSPS) is 10.5. The summed E-state index contributed by atoms with van der Waals surface area (Å²) in [4.78, 5) is 8.86. The molecule has 0 aliphatic heterocycles. The zero-order valence-corrected chi connectivity index (χ0v) is 21.0. The van der Waals surface area contributed by atoms with Crippen LogP contribution in [0, 0.1) is 0 Å². The Kier molecular flexibility index (Phi) is 7.59. The summed E-state index contributed by atoms with van der Waals surface area (Å²) in [5.74, 6) is 3.54. The Morgan fingerprint density at radius 3 is 1.97 bits per heavy atom. The van der Waals surface area contributed by atoms with Crippen molar-refractivity contribution in [1.82, 2.24) is 15.3 Å². The second-order valence-electron chi connectivity index (χ2n) is 7.78. The Morgan fingerprint density at radius 1 is 0.784 bits per heavy atom. The molecule has 0 bridgehead atoms. The number of thiocarbonyl (C=S) groups is 1. The summed E-state index contributed by atoms with van der Waals surface area (Å²) in [7, 11) is 0. The maximum absolute atomic E-state index is 5.97. The van der Waals surface area contributed by atoms with Crippen LogP contribution in [0.4, 0.5) is 5.95 Å². The first-order valence-corrected chi connectivity index (χ1v) is 12.1. The van der Waals surface area contributed by atoms with Crippen molar-refractivity contribution in [2.24, 2.45) is 0 Å². The fraction of sp³-hybridized carbons (Fsp3) is 0.0357. The SMILES string of the molecule is S=C(NCc1ccc(-c2ccc(Cl)cc2)o1)Nc1nc(Oc2ccccc2)cc(Oc2ccccc2)n1. The molecule has 0 fully saturated rings. The smallest absolute Gasteiger partial charge is 0.235 e. The number of nitrogens with zero attached hydrogens (tertiary/aromatic N) is 2. The number of hydrogen-bond donors (Lipinski definition) is 2. The lowest BCUT2D eigenvalue weighted by Gasteiger charge is -2.12. The number of aromatic nitrogens is 2. The topological polar surface area (TPSA) is 81.4 Å². The van der Waals surface area contributed by atoms with Gasteiger partial charge in [0.25, 0.3) is 0 Å². The Labute approximate surface area is 224 Å². The maximum Gasteiger partial charge on any atom is 0.235 e. The van der Waals surface area contributed by atoms with E-state index in [4.69, 9.17) is 37.7 Å². The molecule has 0 saturated carbocycles. The van der Waals surface area contributed by atoms with Crippen molar-refractivity contribution in [3.63, 3.8) is 0 Å². The van der Waals surface area contributed by atoms with Crippen LogP contribution < -0.4 is 20.1 Å². The van der Waals surface area contributed by atoms with Gasteiger partial charge in [-0.3, -0.25) is 0 Å². The van der Waals surface area contributed by atoms with E-state index in [2.05, 4.69) is 20.6 Å². The van der Waals surface area contributed by atoms with E-state index in [9.17, 15) is 0 Å². The van der Waals surface area contributed by atoms with E-state index in [0.29, 0.717) is 45.7 Å². The number of benzene rings is 3. The third-order valence-corrected chi connectivity index (χ3v) is 5.55. The molecular formula is C28H21ClN4O3S. The molecule has 0 aliphatic rings. The summed E-state index contributed by atoms with van der Waals surface area (Å²) in [5.41, 5.74) is 0.936. The molecule has 0 aliphatic carbocycles. The number of rotatable bonds is 8. The molecule has 2 heterocycles. The number of anilines is 1. The molecule has 37 heavy (non-hydrogen) atoms. The van der Waals surface area contributed by atoms with Crippen molar-refractivity contribution in [1.29, 1.82) is 0 Å². The van der Waals surface area contributed by atoms with Gasteiger partial charge in [0.2, 0.25) is 17.7 Å². The average molecular weight is 529 g/mol. The molecule has 0 atom stereocenters. The minimum Gasteiger partial charge on any atom is -0.459 e. The molecule has 5 aromatic rings. The van der Waals surface area contributed by atoms with Crippen LogP contribution in [0.3, 0.4) is 0 Å². The van der Waals surface area contributed by atoms with E-state index < -0.39 is 0 Å². The monoisotopic (exact) mass is 528 g/mol. The lowest BCUT2D eigenvalue weighted by molar-refractivity contribution is 0.435. The molecule has 9 heteroatoms. The molecule has 2 aromatic heterocycles. The molecule has 184 valence electrons. The Balaban J connectivity index is 1.27. The third kappa shape index (κ3) is 6.84. The largest absolute Gasteiger partial charge is 0.459 e. The Morgan fingerprint density at radius 2 is 1.38 bits per heavy atom. The minimum atomic E-state index is 0.221. The molecular weight excluding hydrogens is 508 g/mol. The first-order valence-electron chi connectivity index (χ1n) is 11.4. The molecule has 7 nitrogen and oxygen atoms in total. The standard InChI is InChI=1S/C28H21ClN4O3S/c29-20-13-11-19(12-14-20)24-16-15-23(34-24)18-30-28(37)33-27-31-25(35-21-7-3-1-4-8-21)17-26(32-27)36-22-9-5-2-6-10-22/h1-17H,18H2,(H2,30,31,32,33,37). The van der Waals surface area contributed by atoms with E-state index in [-0.39, 0.29) is 5.95 Å². The van der Waals surface area contributed by atoms with Crippen LogP contribution in [0.15, 0.2) is 108 Å². The van der Waals surface area contributed by atoms with Gasteiger partial charge < -0.3 is 24.5 Å². The van der Waals surface area contributed by atoms with Gasteiger partial charge in [-0.1, -0.05) is 48.0 Å². The lowest BCUT2D eigenvalue weighted by atomic mass is 10.2. The zero-order chi connectivity index (χ0) is 25.5. The van der Waals surface area contributed by atoms with Crippen molar-refractivity contribution < 1.29 is 13.9 Å². The van der Waals surface area contributed by atoms with Crippen LogP contribution in [-0.2, 0) is 6.54 Å². The predicted octanol–water partition coefficient (Wildman–Crippen LogP) is 7.46. The fourth-order valence-electron chi connectivity index (χ4n) is 3.34. The quantitative estimate of drug-likeness (QED) is 0.201. The van der Waals surface area contributed by atoms with E-state index in [0.717, 1.165) is 11.3 Å². The second kappa shape index (κ2) is 11.6. The lowest BCUT2D eigenvalue weighted by Crippen LogP contribution is -2.28. The molecule has 5 rings (SSSR count). The van der Waals surface area contributed by atoms with Crippen LogP contribution in [-0.4, -0.2) is 15.1 Å². The van der Waals surface area contributed by atoms with Gasteiger partial charge in [0.1, 0.15) is 23.0 Å². The second-order valence-corrected chi connectivity index (χ2v) is 8.62. The number of para-hydroxylation sites is 2. The van der Waals surface area contributed by atoms with Gasteiger partial charge in [0.05, 0.1) is 12.6 Å². The van der Waals surface area contributed by atoms with Gasteiger partial charge in [0.15, 0.2) is 5.11 Å². The van der Waals surface area contributed by atoms with Crippen molar-refractivity contribution in [2.45, 2.75) is 6.54 Å². The van der Waals surface area contributed by atoms with E-state index in [1.54, 1.807) is 6.07 Å². The molecule has 0 unspecified atom stereocenters. The van der Waals surface area contributed by atoms with Gasteiger partial charge in [-0.25, -0.2) is 0 Å². The number of halogens is 1. The number of furan rings is 1. The third-order valence-electron chi connectivity index (χ3n) is 5.05. The van der Waals surface area contributed by atoms with Crippen LogP contribution >= 0.6 is 23.8 Å². The molecule has 3 aromatic carbocycles. The maximum atomic E-state index is 5.97. The Hall–Kier alpha value is -4.40. The molecule has 0 spiro atoms. The first-order chi connectivity index (χ1) is 18.1. The van der Waals surface area contributed by atoms with Gasteiger partial charge in [-0.2, -0.15) is 9.97 Å². The molecule has 0 amide bonds. The molecule has 0 radical (unpaired) electrons. The van der Waals surface area contributed by atoms with Crippen molar-refractivity contribution >= 4 is 34.9 Å². The molecule has 2 N–H and O–H groups in total. The van der Waals surface area contributed by atoms with E-state index in [1.165, 1.54) is 0 Å². The summed E-state index contributed by atoms with van der Waals surface area (Å²) in [6, 6.07) is 31.5. The highest BCUT2D eigenvalue weighted by Crippen LogP contribution is 2.27. The van der Waals surface area contributed by atoms with Gasteiger partial charge in [0, 0.05) is 10.6 Å². The van der Waals surface area contributed by atoms with Crippen molar-refractivity contribution in [3.05, 3.63) is 114 Å². The minimum absolute atomic E-state index is 0.221. The highest BCUT2D eigenvalue weighted by Gasteiger charge is 2.11. The summed E-state index contributed by atoms with van der Waals surface area (Å²) >= 11 is 11.4. The highest BCUT2D eigenvalue weighted by atomic mass is 35.5. The van der Waals surface area contributed by atoms with Gasteiger partial charge in [-0.15, -0.1) is 0 Å². The summed E-state index contributed by atoms with van der Waals surface area (Å²) < 4.78 is 17.7. The molecule has 0 saturated heterocycles. The van der Waals surface area contributed by atoms with Gasteiger partial charge in [-0.05, 0) is 72.9 Å². The van der Waals surface area contributed by atoms with Crippen molar-refractivity contribution in [2.75, 3.05) is 5.32 Å². The number of ether oxygens (including phenoxy) is 2. The highest BCUT2D eigenvalue weighted by molar-refractivity contribution is 7.80. The zero-order valence-electron chi connectivity index (χ0n) is 19.4. The van der Waals surface area contributed by atoms with Crippen LogP contribution in [0.2, 0.25) is 5.02 Å². The van der Waals surface area contributed by atoms with E-state index >= 15 is 0 Å². The van der Waals surface area contributed by atoms with Crippen LogP contribution in [0.1, 0.15) is 5.76 Å². The van der Waals surface area contributed by atoms with Crippen LogP contribution in [0.25, 0.3) is 11.3 Å². The first kappa shape index (κ1) is 24.3. The fourth-order valence-corrected chi connectivity index (χ4v) is 3.63.